The molecule has 178 valence electrons. The van der Waals surface area contributed by atoms with Crippen molar-refractivity contribution < 1.29 is 23.1 Å². The van der Waals surface area contributed by atoms with Crippen LogP contribution < -0.4 is 16.4 Å². The van der Waals surface area contributed by atoms with Gasteiger partial charge in [-0.2, -0.15) is 18.2 Å². The minimum absolute atomic E-state index is 0.0610. The highest BCUT2D eigenvalue weighted by Gasteiger charge is 2.36. The molecule has 0 bridgehead atoms. The van der Waals surface area contributed by atoms with Gasteiger partial charge in [-0.3, -0.25) is 4.79 Å². The zero-order chi connectivity index (χ0) is 23.6. The van der Waals surface area contributed by atoms with Gasteiger partial charge in [-0.25, -0.2) is 4.98 Å². The molecule has 0 atom stereocenters. The molecule has 4 rings (SSSR count). The van der Waals surface area contributed by atoms with Gasteiger partial charge in [0.15, 0.2) is 0 Å². The number of aliphatic hydroxyl groups is 1. The highest BCUT2D eigenvalue weighted by molar-refractivity contribution is 5.77. The average Bonchev–Trinajstić information content (AvgIpc) is 2.79. The number of aliphatic hydroxyl groups excluding tert-OH is 1. The Morgan fingerprint density at radius 3 is 2.67 bits per heavy atom. The van der Waals surface area contributed by atoms with E-state index in [1.807, 2.05) is 12.1 Å². The van der Waals surface area contributed by atoms with E-state index in [-0.39, 0.29) is 29.8 Å². The Labute approximate surface area is 189 Å². The van der Waals surface area contributed by atoms with Gasteiger partial charge in [0.2, 0.25) is 11.9 Å². The number of nitrogens with zero attached hydrogens (tertiary/aromatic N) is 3. The van der Waals surface area contributed by atoms with E-state index in [0.717, 1.165) is 30.2 Å². The number of rotatable bonds is 5. The first-order valence-electron chi connectivity index (χ1n) is 11.0. The van der Waals surface area contributed by atoms with Crippen molar-refractivity contribution in [2.45, 2.75) is 56.9 Å². The van der Waals surface area contributed by atoms with Gasteiger partial charge < -0.3 is 26.4 Å². The molecule has 1 aromatic carbocycles. The number of alkyl halides is 3. The molecular weight excluding hydrogens is 437 g/mol. The number of hydrogen-bond donors (Lipinski definition) is 4. The molecule has 33 heavy (non-hydrogen) atoms. The normalized spacial score (nSPS) is 20.8. The van der Waals surface area contributed by atoms with Crippen molar-refractivity contribution in [3.63, 3.8) is 0 Å². The summed E-state index contributed by atoms with van der Waals surface area (Å²) in [6.45, 7) is 0.376. The second-order valence-electron chi connectivity index (χ2n) is 8.54. The first kappa shape index (κ1) is 23.2. The van der Waals surface area contributed by atoms with Gasteiger partial charge in [-0.05, 0) is 55.4 Å². The third-order valence-corrected chi connectivity index (χ3v) is 6.17. The fourth-order valence-electron chi connectivity index (χ4n) is 4.29. The van der Waals surface area contributed by atoms with Crippen molar-refractivity contribution >= 4 is 23.4 Å². The van der Waals surface area contributed by atoms with E-state index in [4.69, 9.17) is 10.8 Å². The Hall–Kier alpha value is -2.92. The van der Waals surface area contributed by atoms with Crippen LogP contribution in [-0.4, -0.2) is 51.1 Å². The summed E-state index contributed by atoms with van der Waals surface area (Å²) < 4.78 is 40.6. The molecule has 1 aliphatic carbocycles. The fourth-order valence-corrected chi connectivity index (χ4v) is 4.29. The number of benzene rings is 1. The maximum absolute atomic E-state index is 13.5. The number of hydrogen-bond acceptors (Lipinski definition) is 7. The van der Waals surface area contributed by atoms with Crippen LogP contribution in [0.1, 0.15) is 42.4 Å². The van der Waals surface area contributed by atoms with E-state index >= 15 is 0 Å². The first-order valence-corrected chi connectivity index (χ1v) is 11.0. The van der Waals surface area contributed by atoms with Crippen molar-refractivity contribution in [1.29, 1.82) is 0 Å². The number of carbonyl (C=O) groups excluding carboxylic acids is 1. The summed E-state index contributed by atoms with van der Waals surface area (Å²) in [4.78, 5) is 21.3. The topological polar surface area (TPSA) is 116 Å². The van der Waals surface area contributed by atoms with Gasteiger partial charge in [0.1, 0.15) is 18.0 Å². The molecule has 0 spiro atoms. The Morgan fingerprint density at radius 2 is 1.97 bits per heavy atom. The van der Waals surface area contributed by atoms with Crippen LogP contribution in [0.3, 0.4) is 0 Å². The van der Waals surface area contributed by atoms with Crippen molar-refractivity contribution in [2.75, 3.05) is 23.8 Å². The molecule has 0 radical (unpaired) electrons. The van der Waals surface area contributed by atoms with Gasteiger partial charge in [0.25, 0.3) is 0 Å². The summed E-state index contributed by atoms with van der Waals surface area (Å²) >= 11 is 0. The largest absolute Gasteiger partial charge is 0.421 e. The monoisotopic (exact) mass is 464 g/mol. The summed E-state index contributed by atoms with van der Waals surface area (Å²) in [6, 6.07) is 5.46. The first-order chi connectivity index (χ1) is 15.7. The van der Waals surface area contributed by atoms with Crippen LogP contribution in [0.4, 0.5) is 30.6 Å². The molecule has 2 heterocycles. The summed E-state index contributed by atoms with van der Waals surface area (Å²) in [5, 5.41) is 15.0. The Bertz CT molecular complexity index is 1010. The zero-order valence-corrected chi connectivity index (χ0v) is 18.0. The fraction of sp³-hybridized carbons (Fsp3) is 0.500. The van der Waals surface area contributed by atoms with Crippen molar-refractivity contribution in [3.05, 3.63) is 41.1 Å². The molecule has 2 aliphatic rings. The third kappa shape index (κ3) is 5.53. The van der Waals surface area contributed by atoms with E-state index in [1.54, 1.807) is 11.0 Å². The highest BCUT2D eigenvalue weighted by atomic mass is 19.4. The van der Waals surface area contributed by atoms with Crippen LogP contribution in [0.25, 0.3) is 0 Å². The Kier molecular flexibility index (Phi) is 6.71. The standard InChI is InChI=1S/C22H27F3N6O2/c23-22(24,25)18-10-27-21(30-20(18)28-16-5-2-15(26)3-6-16)29-17-4-1-14-11-31(19(33)12-32)8-7-13(14)9-17/h1,4,9-10,15-16,32H,2-3,5-8,11-12,26H2,(H2,27,28,29,30). The van der Waals surface area contributed by atoms with Crippen LogP contribution in [0, 0.1) is 0 Å². The number of fused-ring (bicyclic) bond motifs is 1. The third-order valence-electron chi connectivity index (χ3n) is 6.17. The molecule has 11 heteroatoms. The Morgan fingerprint density at radius 1 is 1.21 bits per heavy atom. The lowest BCUT2D eigenvalue weighted by atomic mass is 9.92. The van der Waals surface area contributed by atoms with Gasteiger partial charge in [0, 0.05) is 37.1 Å². The number of halogens is 3. The summed E-state index contributed by atoms with van der Waals surface area (Å²) in [5.74, 6) is -0.497. The molecular formula is C22H27F3N6O2. The lowest BCUT2D eigenvalue weighted by Crippen LogP contribution is -2.37. The van der Waals surface area contributed by atoms with E-state index in [2.05, 4.69) is 20.6 Å². The maximum atomic E-state index is 13.5. The number of nitrogens with one attached hydrogen (secondary N) is 2. The molecule has 1 fully saturated rings. The molecule has 1 aliphatic heterocycles. The maximum Gasteiger partial charge on any atom is 0.421 e. The molecule has 5 N–H and O–H groups in total. The number of anilines is 3. The van der Waals surface area contributed by atoms with Gasteiger partial charge in [-0.1, -0.05) is 6.07 Å². The quantitative estimate of drug-likeness (QED) is 0.538. The van der Waals surface area contributed by atoms with Crippen molar-refractivity contribution in [2.24, 2.45) is 5.73 Å². The molecule has 0 saturated heterocycles. The summed E-state index contributed by atoms with van der Waals surface area (Å²) in [6.07, 6.45) is -0.283. The second-order valence-corrected chi connectivity index (χ2v) is 8.54. The van der Waals surface area contributed by atoms with Crippen molar-refractivity contribution in [1.82, 2.24) is 14.9 Å². The van der Waals surface area contributed by atoms with Gasteiger partial charge >= 0.3 is 6.18 Å². The smallest absolute Gasteiger partial charge is 0.387 e. The highest BCUT2D eigenvalue weighted by Crippen LogP contribution is 2.35. The predicted molar refractivity (Wildman–Crippen MR) is 117 cm³/mol. The second kappa shape index (κ2) is 9.52. The molecule has 1 aromatic heterocycles. The van der Waals surface area contributed by atoms with E-state index in [0.29, 0.717) is 38.0 Å². The SMILES string of the molecule is NC1CCC(Nc2nc(Nc3ccc4c(c3)CCN(C(=O)CO)C4)ncc2C(F)(F)F)CC1. The molecule has 2 aromatic rings. The molecule has 0 unspecified atom stereocenters. The van der Waals surface area contributed by atoms with Gasteiger partial charge in [0.05, 0.1) is 0 Å². The number of nitrogens with two attached hydrogens (primary N) is 1. The number of carbonyl (C=O) groups is 1. The number of aromatic nitrogens is 2. The zero-order valence-electron chi connectivity index (χ0n) is 18.0. The lowest BCUT2D eigenvalue weighted by molar-refractivity contribution is -0.137. The Balaban J connectivity index is 1.52. The van der Waals surface area contributed by atoms with E-state index in [9.17, 15) is 18.0 Å². The molecule has 1 amide bonds. The average molecular weight is 464 g/mol. The summed E-state index contributed by atoms with van der Waals surface area (Å²) in [7, 11) is 0. The molecule has 8 nitrogen and oxygen atoms in total. The van der Waals surface area contributed by atoms with Crippen LogP contribution in [0.5, 0.6) is 0 Å². The van der Waals surface area contributed by atoms with Crippen molar-refractivity contribution in [3.8, 4) is 0 Å². The minimum Gasteiger partial charge on any atom is -0.387 e. The van der Waals surface area contributed by atoms with E-state index in [1.165, 1.54) is 0 Å². The van der Waals surface area contributed by atoms with Crippen LogP contribution >= 0.6 is 0 Å². The summed E-state index contributed by atoms with van der Waals surface area (Å²) in [5.41, 5.74) is 7.62. The number of amides is 1. The minimum atomic E-state index is -4.57. The van der Waals surface area contributed by atoms with E-state index < -0.39 is 18.3 Å². The van der Waals surface area contributed by atoms with Gasteiger partial charge in [-0.15, -0.1) is 0 Å². The molecule has 1 saturated carbocycles. The lowest BCUT2D eigenvalue weighted by Gasteiger charge is -2.29. The predicted octanol–water partition coefficient (Wildman–Crippen LogP) is 2.80. The van der Waals surface area contributed by atoms with Crippen LogP contribution in [0.15, 0.2) is 24.4 Å². The van der Waals surface area contributed by atoms with Crippen LogP contribution in [0.2, 0.25) is 0 Å². The van der Waals surface area contributed by atoms with Crippen LogP contribution in [-0.2, 0) is 23.9 Å².